The van der Waals surface area contributed by atoms with Gasteiger partial charge in [0.1, 0.15) is 5.82 Å². The van der Waals surface area contributed by atoms with E-state index >= 15 is 0 Å². The molecule has 0 aromatic heterocycles. The molecule has 1 atom stereocenters. The summed E-state index contributed by atoms with van der Waals surface area (Å²) in [6, 6.07) is 4.28. The van der Waals surface area contributed by atoms with Gasteiger partial charge >= 0.3 is 0 Å². The lowest BCUT2D eigenvalue weighted by molar-refractivity contribution is -0.136. The fourth-order valence-electron chi connectivity index (χ4n) is 3.52. The number of hydrogen-bond donors (Lipinski definition) is 1. The van der Waals surface area contributed by atoms with E-state index in [-0.39, 0.29) is 17.6 Å². The van der Waals surface area contributed by atoms with Gasteiger partial charge in [-0.25, -0.2) is 4.39 Å². The molecule has 25 heavy (non-hydrogen) atoms. The highest BCUT2D eigenvalue weighted by Crippen LogP contribution is 2.22. The quantitative estimate of drug-likeness (QED) is 0.880. The van der Waals surface area contributed by atoms with E-state index in [9.17, 15) is 9.18 Å². The van der Waals surface area contributed by atoms with E-state index in [0.717, 1.165) is 12.8 Å². The van der Waals surface area contributed by atoms with Crippen molar-refractivity contribution in [2.24, 2.45) is 11.7 Å². The molecular weight excluding hydrogens is 345 g/mol. The molecule has 0 aliphatic carbocycles. The van der Waals surface area contributed by atoms with E-state index in [4.69, 9.17) is 22.1 Å². The largest absolute Gasteiger partial charge is 0.381 e. The second-order valence-corrected chi connectivity index (χ2v) is 7.18. The van der Waals surface area contributed by atoms with Crippen molar-refractivity contribution >= 4 is 17.5 Å². The van der Waals surface area contributed by atoms with Crippen LogP contribution in [-0.4, -0.2) is 61.1 Å². The van der Waals surface area contributed by atoms with Crippen molar-refractivity contribution in [3.63, 3.8) is 0 Å². The Hall–Kier alpha value is -1.21. The molecule has 1 unspecified atom stereocenters. The van der Waals surface area contributed by atoms with Crippen LogP contribution >= 0.6 is 11.6 Å². The number of ether oxygens (including phenoxy) is 1. The molecule has 5 nitrogen and oxygen atoms in total. The Morgan fingerprint density at radius 3 is 2.60 bits per heavy atom. The fraction of sp³-hybridized carbons (Fsp3) is 0.611. The molecule has 2 heterocycles. The zero-order chi connectivity index (χ0) is 17.8. The minimum atomic E-state index is -0.448. The number of piperazine rings is 1. The minimum absolute atomic E-state index is 0.0236. The van der Waals surface area contributed by atoms with Crippen LogP contribution in [0.15, 0.2) is 18.2 Å². The van der Waals surface area contributed by atoms with Crippen LogP contribution in [0.1, 0.15) is 18.4 Å². The number of nitrogens with zero attached hydrogens (tertiary/aromatic N) is 2. The highest BCUT2D eigenvalue weighted by atomic mass is 35.5. The molecule has 1 aromatic carbocycles. The molecule has 2 saturated heterocycles. The highest BCUT2D eigenvalue weighted by molar-refractivity contribution is 6.31. The third-order valence-electron chi connectivity index (χ3n) is 5.19. The average Bonchev–Trinajstić information content (AvgIpc) is 2.65. The van der Waals surface area contributed by atoms with Gasteiger partial charge in [0, 0.05) is 56.5 Å². The summed E-state index contributed by atoms with van der Waals surface area (Å²) in [5.74, 6) is -0.0560. The Morgan fingerprint density at radius 1 is 1.28 bits per heavy atom. The molecule has 0 spiro atoms. The van der Waals surface area contributed by atoms with E-state index in [1.807, 2.05) is 4.90 Å². The van der Waals surface area contributed by atoms with Gasteiger partial charge in [-0.2, -0.15) is 0 Å². The summed E-state index contributed by atoms with van der Waals surface area (Å²) in [6.07, 6.45) is 1.69. The Balaban J connectivity index is 1.52. The van der Waals surface area contributed by atoms with Gasteiger partial charge in [-0.3, -0.25) is 9.69 Å². The number of carbonyl (C=O) groups excluding carboxylic acids is 1. The van der Waals surface area contributed by atoms with E-state index in [1.165, 1.54) is 6.07 Å². The van der Waals surface area contributed by atoms with Gasteiger partial charge in [0.2, 0.25) is 5.91 Å². The lowest BCUT2D eigenvalue weighted by atomic mass is 9.91. The summed E-state index contributed by atoms with van der Waals surface area (Å²) in [5.41, 5.74) is 6.71. The average molecular weight is 370 g/mol. The van der Waals surface area contributed by atoms with Crippen molar-refractivity contribution in [2.75, 3.05) is 39.4 Å². The van der Waals surface area contributed by atoms with Gasteiger partial charge in [-0.15, -0.1) is 0 Å². The summed E-state index contributed by atoms with van der Waals surface area (Å²) in [5, 5.41) is 0.444. The Labute approximate surface area is 152 Å². The number of amides is 1. The van der Waals surface area contributed by atoms with Crippen molar-refractivity contribution in [1.29, 1.82) is 0 Å². The monoisotopic (exact) mass is 369 g/mol. The topological polar surface area (TPSA) is 58.8 Å². The number of halogens is 2. The zero-order valence-electron chi connectivity index (χ0n) is 14.3. The second kappa shape index (κ2) is 8.45. The SMILES string of the molecule is NC(C(=O)N1CCN(Cc2c(F)cccc2Cl)CC1)C1CCOCC1. The molecule has 0 saturated carbocycles. The van der Waals surface area contributed by atoms with E-state index in [1.54, 1.807) is 12.1 Å². The second-order valence-electron chi connectivity index (χ2n) is 6.78. The summed E-state index contributed by atoms with van der Waals surface area (Å²) in [4.78, 5) is 16.6. The molecule has 0 radical (unpaired) electrons. The highest BCUT2D eigenvalue weighted by Gasteiger charge is 2.31. The Bertz CT molecular complexity index is 582. The smallest absolute Gasteiger partial charge is 0.239 e. The van der Waals surface area contributed by atoms with Crippen LogP contribution in [0.25, 0.3) is 0 Å². The predicted octanol–water partition coefficient (Wildman–Crippen LogP) is 1.88. The number of nitrogens with two attached hydrogens (primary N) is 1. The molecule has 1 amide bonds. The Morgan fingerprint density at radius 2 is 1.96 bits per heavy atom. The first kappa shape index (κ1) is 18.6. The molecule has 2 N–H and O–H groups in total. The predicted molar refractivity (Wildman–Crippen MR) is 94.8 cm³/mol. The maximum absolute atomic E-state index is 13.9. The number of rotatable bonds is 4. The summed E-state index contributed by atoms with van der Waals surface area (Å²) in [6.45, 7) is 4.43. The van der Waals surface area contributed by atoms with E-state index in [2.05, 4.69) is 4.90 Å². The summed E-state index contributed by atoms with van der Waals surface area (Å²) in [7, 11) is 0. The van der Waals surface area contributed by atoms with Gasteiger partial charge in [-0.1, -0.05) is 17.7 Å². The molecule has 2 aliphatic rings. The Kier molecular flexibility index (Phi) is 6.28. The van der Waals surface area contributed by atoms with Crippen LogP contribution in [0.4, 0.5) is 4.39 Å². The number of benzene rings is 1. The lowest BCUT2D eigenvalue weighted by Crippen LogP contribution is -2.55. The van der Waals surface area contributed by atoms with Gasteiger partial charge in [-0.05, 0) is 30.9 Å². The van der Waals surface area contributed by atoms with Gasteiger partial charge in [0.05, 0.1) is 6.04 Å². The minimum Gasteiger partial charge on any atom is -0.381 e. The molecule has 2 fully saturated rings. The number of carbonyl (C=O) groups is 1. The van der Waals surface area contributed by atoms with E-state index < -0.39 is 6.04 Å². The first-order valence-electron chi connectivity index (χ1n) is 8.83. The van der Waals surface area contributed by atoms with Gasteiger partial charge in [0.25, 0.3) is 0 Å². The molecule has 1 aromatic rings. The van der Waals surface area contributed by atoms with Crippen molar-refractivity contribution in [3.05, 3.63) is 34.6 Å². The van der Waals surface area contributed by atoms with Crippen LogP contribution in [0.5, 0.6) is 0 Å². The maximum atomic E-state index is 13.9. The molecule has 2 aliphatic heterocycles. The maximum Gasteiger partial charge on any atom is 0.239 e. The lowest BCUT2D eigenvalue weighted by Gasteiger charge is -2.37. The van der Waals surface area contributed by atoms with Gasteiger partial charge < -0.3 is 15.4 Å². The van der Waals surface area contributed by atoms with Crippen LogP contribution in [-0.2, 0) is 16.1 Å². The summed E-state index contributed by atoms with van der Waals surface area (Å²) >= 11 is 6.10. The number of hydrogen-bond acceptors (Lipinski definition) is 4. The molecule has 3 rings (SSSR count). The molecule has 7 heteroatoms. The normalized spacial score (nSPS) is 21.3. The van der Waals surface area contributed by atoms with Crippen molar-refractivity contribution in [2.45, 2.75) is 25.4 Å². The third-order valence-corrected chi connectivity index (χ3v) is 5.54. The fourth-order valence-corrected chi connectivity index (χ4v) is 3.74. The van der Waals surface area contributed by atoms with Crippen LogP contribution in [0.3, 0.4) is 0 Å². The van der Waals surface area contributed by atoms with E-state index in [0.29, 0.717) is 56.5 Å². The molecule has 138 valence electrons. The summed E-state index contributed by atoms with van der Waals surface area (Å²) < 4.78 is 19.3. The van der Waals surface area contributed by atoms with Crippen molar-refractivity contribution in [3.8, 4) is 0 Å². The van der Waals surface area contributed by atoms with Crippen LogP contribution < -0.4 is 5.73 Å². The van der Waals surface area contributed by atoms with Crippen LogP contribution in [0.2, 0.25) is 5.02 Å². The zero-order valence-corrected chi connectivity index (χ0v) is 15.1. The third kappa shape index (κ3) is 4.50. The van der Waals surface area contributed by atoms with Crippen molar-refractivity contribution in [1.82, 2.24) is 9.80 Å². The van der Waals surface area contributed by atoms with Crippen molar-refractivity contribution < 1.29 is 13.9 Å². The molecular formula is C18H25ClFN3O2. The first-order chi connectivity index (χ1) is 12.1. The molecule has 0 bridgehead atoms. The first-order valence-corrected chi connectivity index (χ1v) is 9.21. The van der Waals surface area contributed by atoms with Crippen LogP contribution in [0, 0.1) is 11.7 Å². The van der Waals surface area contributed by atoms with Gasteiger partial charge in [0.15, 0.2) is 0 Å². The standard InChI is InChI=1S/C18H25ClFN3O2/c19-15-2-1-3-16(20)14(15)12-22-6-8-23(9-7-22)18(24)17(21)13-4-10-25-11-5-13/h1-3,13,17H,4-12,21H2.